The van der Waals surface area contributed by atoms with Gasteiger partial charge >= 0.3 is 7.82 Å². The van der Waals surface area contributed by atoms with Crippen molar-refractivity contribution in [2.45, 2.75) is 108 Å². The molecule has 0 aliphatic heterocycles. The van der Waals surface area contributed by atoms with Gasteiger partial charge in [0, 0.05) is 13.2 Å². The SMILES string of the molecule is CCCCCCOC[C@H](COP(=O)(Oc1ccccc1)OC1[C@H](O)[C@H](O)C(O)[C@H](O)[C@H]1O)OCCCCCC. The highest BCUT2D eigenvalue weighted by atomic mass is 31.2. The van der Waals surface area contributed by atoms with Crippen molar-refractivity contribution in [1.29, 1.82) is 0 Å². The van der Waals surface area contributed by atoms with Crippen LogP contribution < -0.4 is 4.52 Å². The zero-order valence-electron chi connectivity index (χ0n) is 23.0. The summed E-state index contributed by atoms with van der Waals surface area (Å²) in [6.45, 7) is 5.18. The highest BCUT2D eigenvalue weighted by Gasteiger charge is 2.52. The number of para-hydroxylation sites is 1. The van der Waals surface area contributed by atoms with Crippen molar-refractivity contribution in [3.63, 3.8) is 0 Å². The van der Waals surface area contributed by atoms with Crippen LogP contribution in [0.5, 0.6) is 5.75 Å². The van der Waals surface area contributed by atoms with E-state index in [0.29, 0.717) is 13.2 Å². The Morgan fingerprint density at radius 2 is 1.31 bits per heavy atom. The van der Waals surface area contributed by atoms with Crippen LogP contribution in [0.2, 0.25) is 0 Å². The molecule has 0 saturated heterocycles. The fourth-order valence-corrected chi connectivity index (χ4v) is 5.54. The first-order chi connectivity index (χ1) is 18.7. The van der Waals surface area contributed by atoms with Crippen LogP contribution in [0.25, 0.3) is 0 Å². The van der Waals surface area contributed by atoms with E-state index in [0.717, 1.165) is 51.4 Å². The third kappa shape index (κ3) is 11.7. The molecule has 12 heteroatoms. The first-order valence-corrected chi connectivity index (χ1v) is 15.5. The van der Waals surface area contributed by atoms with Gasteiger partial charge in [0.15, 0.2) is 0 Å². The Morgan fingerprint density at radius 1 is 0.744 bits per heavy atom. The second kappa shape index (κ2) is 18.3. The predicted molar refractivity (Wildman–Crippen MR) is 144 cm³/mol. The van der Waals surface area contributed by atoms with E-state index in [1.807, 2.05) is 0 Å². The molecule has 5 N–H and O–H groups in total. The zero-order valence-corrected chi connectivity index (χ0v) is 23.9. The van der Waals surface area contributed by atoms with E-state index in [1.54, 1.807) is 18.2 Å². The highest BCUT2D eigenvalue weighted by molar-refractivity contribution is 7.49. The smallest absolute Gasteiger partial charge is 0.404 e. The van der Waals surface area contributed by atoms with E-state index in [1.165, 1.54) is 12.1 Å². The quantitative estimate of drug-likeness (QED) is 0.114. The Morgan fingerprint density at radius 3 is 1.90 bits per heavy atom. The van der Waals surface area contributed by atoms with Gasteiger partial charge in [-0.05, 0) is 25.0 Å². The molecule has 1 fully saturated rings. The van der Waals surface area contributed by atoms with Crippen molar-refractivity contribution in [2.75, 3.05) is 26.4 Å². The number of aliphatic hydroxyl groups excluding tert-OH is 5. The lowest BCUT2D eigenvalue weighted by Gasteiger charge is -2.41. The topological polar surface area (TPSA) is 164 Å². The highest BCUT2D eigenvalue weighted by Crippen LogP contribution is 2.52. The maximum Gasteiger partial charge on any atom is 0.530 e. The number of phosphoric acid groups is 1. The van der Waals surface area contributed by atoms with Crippen molar-refractivity contribution >= 4 is 7.82 Å². The Kier molecular flexibility index (Phi) is 16.0. The number of unbranched alkanes of at least 4 members (excludes halogenated alkanes) is 6. The molecule has 0 heterocycles. The molecule has 2 rings (SSSR count). The number of hydrogen-bond donors (Lipinski definition) is 5. The number of rotatable bonds is 20. The molecule has 39 heavy (non-hydrogen) atoms. The molecule has 1 aliphatic rings. The average Bonchev–Trinajstić information content (AvgIpc) is 2.93. The molecule has 0 amide bonds. The van der Waals surface area contributed by atoms with Crippen LogP contribution >= 0.6 is 7.82 Å². The maximum atomic E-state index is 13.8. The lowest BCUT2D eigenvalue weighted by atomic mass is 9.85. The molecule has 226 valence electrons. The van der Waals surface area contributed by atoms with Crippen LogP contribution in [0.15, 0.2) is 30.3 Å². The summed E-state index contributed by atoms with van der Waals surface area (Å²) in [5.74, 6) is 0.131. The summed E-state index contributed by atoms with van der Waals surface area (Å²) in [6, 6.07) is 8.04. The summed E-state index contributed by atoms with van der Waals surface area (Å²) in [4.78, 5) is 0. The Labute approximate surface area is 231 Å². The van der Waals surface area contributed by atoms with E-state index in [-0.39, 0.29) is 19.0 Å². The molecule has 0 bridgehead atoms. The fraction of sp³-hybridized carbons (Fsp3) is 0.778. The van der Waals surface area contributed by atoms with E-state index in [9.17, 15) is 30.1 Å². The average molecular weight is 579 g/mol. The van der Waals surface area contributed by atoms with Crippen molar-refractivity contribution in [2.24, 2.45) is 0 Å². The third-order valence-corrected chi connectivity index (χ3v) is 7.90. The Balaban J connectivity index is 2.11. The fourth-order valence-electron chi connectivity index (χ4n) is 4.10. The third-order valence-electron chi connectivity index (χ3n) is 6.50. The summed E-state index contributed by atoms with van der Waals surface area (Å²) in [5.41, 5.74) is 0. The molecule has 8 atom stereocenters. The Hall–Kier alpha value is -1.11. The first kappa shape index (κ1) is 34.1. The largest absolute Gasteiger partial charge is 0.530 e. The summed E-state index contributed by atoms with van der Waals surface area (Å²) in [5, 5.41) is 50.9. The second-order valence-electron chi connectivity index (χ2n) is 9.86. The van der Waals surface area contributed by atoms with Crippen molar-refractivity contribution in [3.05, 3.63) is 30.3 Å². The number of aliphatic hydroxyl groups is 5. The van der Waals surface area contributed by atoms with E-state index in [4.69, 9.17) is 23.0 Å². The minimum atomic E-state index is -4.57. The van der Waals surface area contributed by atoms with Gasteiger partial charge < -0.3 is 39.5 Å². The van der Waals surface area contributed by atoms with Crippen LogP contribution in [0.4, 0.5) is 0 Å². The molecule has 0 aromatic heterocycles. The van der Waals surface area contributed by atoms with Crippen molar-refractivity contribution < 1.29 is 53.1 Å². The van der Waals surface area contributed by atoms with E-state index < -0.39 is 50.6 Å². The van der Waals surface area contributed by atoms with Crippen LogP contribution in [0.3, 0.4) is 0 Å². The first-order valence-electron chi connectivity index (χ1n) is 14.0. The number of ether oxygens (including phenoxy) is 2. The van der Waals surface area contributed by atoms with E-state index >= 15 is 0 Å². The van der Waals surface area contributed by atoms with Crippen molar-refractivity contribution in [1.82, 2.24) is 0 Å². The minimum absolute atomic E-state index is 0.131. The van der Waals surface area contributed by atoms with Gasteiger partial charge in [-0.2, -0.15) is 0 Å². The number of hydrogen-bond acceptors (Lipinski definition) is 11. The van der Waals surface area contributed by atoms with Crippen LogP contribution in [-0.2, 0) is 23.1 Å². The number of phosphoric ester groups is 1. The normalized spacial score (nSPS) is 27.7. The molecule has 0 spiro atoms. The van der Waals surface area contributed by atoms with Gasteiger partial charge in [-0.15, -0.1) is 0 Å². The molecule has 3 unspecified atom stereocenters. The monoisotopic (exact) mass is 578 g/mol. The van der Waals surface area contributed by atoms with Crippen molar-refractivity contribution in [3.8, 4) is 5.75 Å². The van der Waals surface area contributed by atoms with Gasteiger partial charge in [0.25, 0.3) is 0 Å². The minimum Gasteiger partial charge on any atom is -0.404 e. The van der Waals surface area contributed by atoms with Crippen LogP contribution in [0.1, 0.15) is 65.2 Å². The summed E-state index contributed by atoms with van der Waals surface area (Å²) in [7, 11) is -4.57. The molecule has 1 aromatic rings. The van der Waals surface area contributed by atoms with Gasteiger partial charge in [-0.3, -0.25) is 9.05 Å². The van der Waals surface area contributed by atoms with Gasteiger partial charge in [0.2, 0.25) is 0 Å². The molecule has 1 saturated carbocycles. The standard InChI is InChI=1S/C27H47O11P/c1-3-5-7-12-16-34-18-21(35-17-13-8-6-4-2)19-36-39(33,37-20-14-10-9-11-15-20)38-27-25(31)23(29)22(28)24(30)26(27)32/h9-11,14-15,21-32H,3-8,12-13,16-19H2,1-2H3/t21-,22?,23-,24+,25-,26-,27?,39?/m1/s1. The van der Waals surface area contributed by atoms with Gasteiger partial charge in [0.1, 0.15) is 48.5 Å². The summed E-state index contributed by atoms with van der Waals surface area (Å²) >= 11 is 0. The van der Waals surface area contributed by atoms with Crippen LogP contribution in [0, 0.1) is 0 Å². The molecule has 1 aromatic carbocycles. The van der Waals surface area contributed by atoms with Gasteiger partial charge in [-0.25, -0.2) is 4.57 Å². The Bertz CT molecular complexity index is 798. The number of benzene rings is 1. The lowest BCUT2D eigenvalue weighted by Crippen LogP contribution is -2.64. The molecule has 1 aliphatic carbocycles. The van der Waals surface area contributed by atoms with Crippen LogP contribution in [-0.4, -0.2) is 94.7 Å². The molecular weight excluding hydrogens is 531 g/mol. The van der Waals surface area contributed by atoms with Gasteiger partial charge in [-0.1, -0.05) is 70.6 Å². The molecular formula is C27H47O11P. The van der Waals surface area contributed by atoms with E-state index in [2.05, 4.69) is 13.8 Å². The second-order valence-corrected chi connectivity index (χ2v) is 11.4. The zero-order chi connectivity index (χ0) is 28.7. The molecule has 0 radical (unpaired) electrons. The summed E-state index contributed by atoms with van der Waals surface area (Å²) < 4.78 is 42.1. The predicted octanol–water partition coefficient (Wildman–Crippen LogP) is 2.96. The molecule has 11 nitrogen and oxygen atoms in total. The van der Waals surface area contributed by atoms with Gasteiger partial charge in [0.05, 0.1) is 13.2 Å². The summed E-state index contributed by atoms with van der Waals surface area (Å²) in [6.07, 6.45) is -3.47. The lowest BCUT2D eigenvalue weighted by molar-refractivity contribution is -0.220. The maximum absolute atomic E-state index is 13.8.